The number of ketones is 1. The SMILES string of the molecule is O=C1c2cc(S(=O)(=O)OCC(F)(F)C(F)(F)C(F)(F)C(F)(F)C(F)(F)C(F)F)ccc2-c2ccc(S(=O)(=O)OCC(F)(F)C(F)(F)C(F)(F)C(F)(F)C(F)(F)C(F)F)cc21. The number of carbonyl (C=O) groups excluding carboxylic acids is 1. The van der Waals surface area contributed by atoms with Crippen molar-refractivity contribution in [2.45, 2.75) is 81.9 Å². The Bertz CT molecular complexity index is 2070. The molecule has 0 heterocycles. The standard InChI is InChI=1S/C27H12F24O7S2/c28-16(29)20(36,37)24(44,45)26(48,49)22(40,41)18(32,33)7-57-59(53,54)9-1-3-11-12-4-2-10(6-14(12)15(52)13(11)5-9)60(55,56)58-8-19(34,35)23(42,43)27(50,51)25(46,47)21(38,39)17(30)31/h1-6,16-17H,7-8H2. The second kappa shape index (κ2) is 14.7. The summed E-state index contributed by atoms with van der Waals surface area (Å²) < 4.78 is 379. The number of rotatable bonds is 18. The van der Waals surface area contributed by atoms with Gasteiger partial charge in [-0.25, -0.2) is 17.6 Å². The molecular formula is C27H12F24O7S2. The van der Waals surface area contributed by atoms with Gasteiger partial charge in [-0.3, -0.25) is 13.2 Å². The molecule has 0 spiro atoms. The minimum Gasteiger partial charge on any atom is -0.289 e. The van der Waals surface area contributed by atoms with Gasteiger partial charge in [0.1, 0.15) is 13.2 Å². The maximum absolute atomic E-state index is 14.1. The summed E-state index contributed by atoms with van der Waals surface area (Å²) in [7, 11) is -12.2. The van der Waals surface area contributed by atoms with Gasteiger partial charge in [0.05, 0.1) is 9.79 Å². The predicted molar refractivity (Wildman–Crippen MR) is 143 cm³/mol. The number of hydrogen-bond donors (Lipinski definition) is 0. The van der Waals surface area contributed by atoms with E-state index in [0.717, 1.165) is 0 Å². The molecule has 0 saturated heterocycles. The fourth-order valence-electron chi connectivity index (χ4n) is 4.52. The van der Waals surface area contributed by atoms with E-state index >= 15 is 0 Å². The Kier molecular flexibility index (Phi) is 12.4. The molecule has 0 aliphatic heterocycles. The molecule has 0 bridgehead atoms. The lowest BCUT2D eigenvalue weighted by atomic mass is 9.95. The van der Waals surface area contributed by atoms with Gasteiger partial charge < -0.3 is 0 Å². The summed E-state index contributed by atoms with van der Waals surface area (Å²) in [4.78, 5) is 9.73. The quantitative estimate of drug-likeness (QED) is 0.0926. The second-order valence-corrected chi connectivity index (χ2v) is 15.1. The summed E-state index contributed by atoms with van der Waals surface area (Å²) in [5.74, 6) is -77.9. The highest BCUT2D eigenvalue weighted by atomic mass is 32.2. The topological polar surface area (TPSA) is 104 Å². The van der Waals surface area contributed by atoms with Crippen LogP contribution >= 0.6 is 0 Å². The molecule has 7 nitrogen and oxygen atoms in total. The first-order chi connectivity index (χ1) is 26.4. The number of carbonyl (C=O) groups is 1. The molecule has 0 amide bonds. The van der Waals surface area contributed by atoms with Gasteiger partial charge in [0, 0.05) is 11.1 Å². The Morgan fingerprint density at radius 1 is 0.417 bits per heavy atom. The zero-order chi connectivity index (χ0) is 47.3. The van der Waals surface area contributed by atoms with Crippen molar-refractivity contribution < 1.29 is 135 Å². The van der Waals surface area contributed by atoms with E-state index in [1.54, 1.807) is 0 Å². The Hall–Kier alpha value is -3.75. The average Bonchev–Trinajstić information content (AvgIpc) is 3.39. The largest absolute Gasteiger partial charge is 0.384 e. The van der Waals surface area contributed by atoms with Crippen molar-refractivity contribution >= 4 is 26.0 Å². The Morgan fingerprint density at radius 3 is 0.933 bits per heavy atom. The first-order valence-electron chi connectivity index (χ1n) is 14.4. The molecule has 3 rings (SSSR count). The molecule has 60 heavy (non-hydrogen) atoms. The highest BCUT2D eigenvalue weighted by Crippen LogP contribution is 2.60. The van der Waals surface area contributed by atoms with Crippen LogP contribution in [0.1, 0.15) is 15.9 Å². The van der Waals surface area contributed by atoms with Gasteiger partial charge in [-0.05, 0) is 35.4 Å². The van der Waals surface area contributed by atoms with Crippen molar-refractivity contribution in [3.63, 3.8) is 0 Å². The zero-order valence-electron chi connectivity index (χ0n) is 27.3. The lowest BCUT2D eigenvalue weighted by molar-refractivity contribution is -0.414. The molecule has 33 heteroatoms. The smallest absolute Gasteiger partial charge is 0.289 e. The monoisotopic (exact) mass is 968 g/mol. The van der Waals surface area contributed by atoms with Crippen molar-refractivity contribution in [2.75, 3.05) is 13.2 Å². The molecule has 2 aromatic carbocycles. The Labute approximate surface area is 315 Å². The fraction of sp³-hybridized carbons (Fsp3) is 0.519. The van der Waals surface area contributed by atoms with Gasteiger partial charge in [0.15, 0.2) is 5.78 Å². The van der Waals surface area contributed by atoms with E-state index < -0.39 is 143 Å². The molecule has 0 saturated carbocycles. The molecular weight excluding hydrogens is 956 g/mol. The molecule has 0 unspecified atom stereocenters. The fourth-order valence-corrected chi connectivity index (χ4v) is 6.39. The molecule has 1 aliphatic carbocycles. The van der Waals surface area contributed by atoms with E-state index in [-0.39, 0.29) is 24.3 Å². The average molecular weight is 968 g/mol. The lowest BCUT2D eigenvalue weighted by Crippen LogP contribution is -2.69. The number of fused-ring (bicyclic) bond motifs is 3. The summed E-state index contributed by atoms with van der Waals surface area (Å²) in [6.45, 7) is -7.26. The van der Waals surface area contributed by atoms with Crippen LogP contribution in [0, 0.1) is 0 Å². The van der Waals surface area contributed by atoms with Crippen LogP contribution in [0.2, 0.25) is 0 Å². The Balaban J connectivity index is 1.88. The van der Waals surface area contributed by atoms with Crippen LogP contribution in [0.5, 0.6) is 0 Å². The van der Waals surface area contributed by atoms with Crippen LogP contribution in [0.15, 0.2) is 46.2 Å². The van der Waals surface area contributed by atoms with E-state index in [1.807, 2.05) is 0 Å². The van der Waals surface area contributed by atoms with Gasteiger partial charge in [0.2, 0.25) is 0 Å². The van der Waals surface area contributed by atoms with Gasteiger partial charge in [0.25, 0.3) is 20.2 Å². The molecule has 0 aromatic heterocycles. The minimum absolute atomic E-state index is 0.0516. The third-order valence-corrected chi connectivity index (χ3v) is 10.5. The van der Waals surface area contributed by atoms with E-state index in [0.29, 0.717) is 12.1 Å². The molecule has 2 aromatic rings. The van der Waals surface area contributed by atoms with E-state index in [1.165, 1.54) is 0 Å². The van der Waals surface area contributed by atoms with Crippen LogP contribution in [0.3, 0.4) is 0 Å². The van der Waals surface area contributed by atoms with Crippen molar-refractivity contribution in [1.29, 1.82) is 0 Å². The molecule has 0 N–H and O–H groups in total. The van der Waals surface area contributed by atoms with Gasteiger partial charge in [-0.15, -0.1) is 0 Å². The van der Waals surface area contributed by atoms with Crippen LogP contribution in [-0.4, -0.2) is 108 Å². The number of alkyl halides is 24. The van der Waals surface area contributed by atoms with E-state index in [9.17, 15) is 127 Å². The van der Waals surface area contributed by atoms with Crippen LogP contribution in [0.4, 0.5) is 105 Å². The molecule has 0 atom stereocenters. The van der Waals surface area contributed by atoms with Crippen molar-refractivity contribution in [1.82, 2.24) is 0 Å². The third-order valence-electron chi connectivity index (χ3n) is 8.01. The van der Waals surface area contributed by atoms with Crippen LogP contribution in [0.25, 0.3) is 11.1 Å². The molecule has 0 fully saturated rings. The molecule has 342 valence electrons. The Morgan fingerprint density at radius 2 is 0.683 bits per heavy atom. The summed E-state index contributed by atoms with van der Waals surface area (Å²) in [5, 5.41) is 0. The van der Waals surface area contributed by atoms with E-state index in [2.05, 4.69) is 8.37 Å². The molecule has 0 radical (unpaired) electrons. The van der Waals surface area contributed by atoms with Gasteiger partial charge in [-0.1, -0.05) is 12.1 Å². The van der Waals surface area contributed by atoms with Crippen molar-refractivity contribution in [2.24, 2.45) is 0 Å². The maximum atomic E-state index is 14.1. The highest BCUT2D eigenvalue weighted by molar-refractivity contribution is 7.87. The summed E-state index contributed by atoms with van der Waals surface area (Å²) in [6.07, 6.45) is -11.7. The number of halogens is 24. The second-order valence-electron chi connectivity index (χ2n) is 11.9. The van der Waals surface area contributed by atoms with Gasteiger partial charge >= 0.3 is 72.1 Å². The number of benzene rings is 2. The van der Waals surface area contributed by atoms with Gasteiger partial charge in [-0.2, -0.15) is 105 Å². The third kappa shape index (κ3) is 7.39. The summed E-state index contributed by atoms with van der Waals surface area (Å²) >= 11 is 0. The summed E-state index contributed by atoms with van der Waals surface area (Å²) in [5.41, 5.74) is -3.10. The predicted octanol–water partition coefficient (Wildman–Crippen LogP) is 9.19. The highest BCUT2D eigenvalue weighted by Gasteiger charge is 2.89. The van der Waals surface area contributed by atoms with Crippen LogP contribution in [-0.2, 0) is 28.6 Å². The normalized spacial score (nSPS) is 15.9. The molecule has 1 aliphatic rings. The minimum atomic E-state index is -8.07. The van der Waals surface area contributed by atoms with E-state index in [4.69, 9.17) is 0 Å². The number of hydrogen-bond acceptors (Lipinski definition) is 7. The maximum Gasteiger partial charge on any atom is 0.384 e. The van der Waals surface area contributed by atoms with Crippen LogP contribution < -0.4 is 0 Å². The van der Waals surface area contributed by atoms with Crippen molar-refractivity contribution in [3.8, 4) is 11.1 Å². The first-order valence-corrected chi connectivity index (χ1v) is 17.2. The lowest BCUT2D eigenvalue weighted by Gasteiger charge is -2.38. The zero-order valence-corrected chi connectivity index (χ0v) is 28.9. The first kappa shape index (κ1) is 50.6. The summed E-state index contributed by atoms with van der Waals surface area (Å²) in [6, 6.07) is 1.48. The van der Waals surface area contributed by atoms with Crippen molar-refractivity contribution in [3.05, 3.63) is 47.5 Å².